The molecule has 0 bridgehead atoms. The summed E-state index contributed by atoms with van der Waals surface area (Å²) in [7, 11) is 0. The Balaban J connectivity index is 1.90. The lowest BCUT2D eigenvalue weighted by Crippen LogP contribution is -2.51. The van der Waals surface area contributed by atoms with Gasteiger partial charge in [0.1, 0.15) is 0 Å². The number of rotatable bonds is 4. The van der Waals surface area contributed by atoms with Gasteiger partial charge >= 0.3 is 0 Å². The van der Waals surface area contributed by atoms with Crippen molar-refractivity contribution in [3.63, 3.8) is 0 Å². The van der Waals surface area contributed by atoms with E-state index >= 15 is 0 Å². The van der Waals surface area contributed by atoms with Crippen LogP contribution in [0.5, 0.6) is 0 Å². The Bertz CT molecular complexity index is 261. The zero-order chi connectivity index (χ0) is 13.8. The Labute approximate surface area is 119 Å². The molecule has 3 nitrogen and oxygen atoms in total. The third-order valence-electron chi connectivity index (χ3n) is 4.70. The van der Waals surface area contributed by atoms with E-state index in [4.69, 9.17) is 4.74 Å². The molecule has 2 aliphatic rings. The molecule has 5 atom stereocenters. The summed E-state index contributed by atoms with van der Waals surface area (Å²) in [5.74, 6) is 1.72. The van der Waals surface area contributed by atoms with Gasteiger partial charge in [-0.3, -0.25) is 4.90 Å². The number of nitrogens with zero attached hydrogens (tertiary/aromatic N) is 1. The van der Waals surface area contributed by atoms with E-state index in [-0.39, 0.29) is 0 Å². The number of hydrogen-bond donors (Lipinski definition) is 1. The molecule has 5 unspecified atom stereocenters. The minimum atomic E-state index is 0.391. The fourth-order valence-electron chi connectivity index (χ4n) is 4.00. The molecule has 2 fully saturated rings. The van der Waals surface area contributed by atoms with Gasteiger partial charge in [-0.05, 0) is 51.5 Å². The molecule has 1 saturated carbocycles. The van der Waals surface area contributed by atoms with E-state index in [0.717, 1.165) is 37.5 Å². The summed E-state index contributed by atoms with van der Waals surface area (Å²) >= 11 is 0. The lowest BCUT2D eigenvalue weighted by atomic mass is 9.78. The molecule has 0 aromatic rings. The fraction of sp³-hybridized carbons (Fsp3) is 1.00. The van der Waals surface area contributed by atoms with Crippen LogP contribution in [0.25, 0.3) is 0 Å². The standard InChI is InChI=1S/C16H32N2O/c1-5-17-16-7-6-12(2)8-15(16)11-18-9-13(3)19-14(4)10-18/h12-17H,5-11H2,1-4H3. The first kappa shape index (κ1) is 15.3. The van der Waals surface area contributed by atoms with Gasteiger partial charge in [0.25, 0.3) is 0 Å². The molecule has 0 spiro atoms. The van der Waals surface area contributed by atoms with Crippen molar-refractivity contribution >= 4 is 0 Å². The van der Waals surface area contributed by atoms with Crippen molar-refractivity contribution in [1.82, 2.24) is 10.2 Å². The summed E-state index contributed by atoms with van der Waals surface area (Å²) in [5, 5.41) is 3.71. The first-order chi connectivity index (χ1) is 9.08. The Morgan fingerprint density at radius 2 is 1.79 bits per heavy atom. The Hall–Kier alpha value is -0.120. The summed E-state index contributed by atoms with van der Waals surface area (Å²) in [6.45, 7) is 13.6. The molecular formula is C16H32N2O. The monoisotopic (exact) mass is 268 g/mol. The molecule has 0 radical (unpaired) electrons. The van der Waals surface area contributed by atoms with Gasteiger partial charge in [0.2, 0.25) is 0 Å². The molecule has 1 aliphatic carbocycles. The van der Waals surface area contributed by atoms with E-state index in [0.29, 0.717) is 12.2 Å². The quantitative estimate of drug-likeness (QED) is 0.848. The van der Waals surface area contributed by atoms with Crippen LogP contribution in [0.1, 0.15) is 47.0 Å². The van der Waals surface area contributed by atoms with Gasteiger partial charge in [-0.15, -0.1) is 0 Å². The summed E-state index contributed by atoms with van der Waals surface area (Å²) < 4.78 is 5.84. The van der Waals surface area contributed by atoms with Crippen molar-refractivity contribution in [2.45, 2.75) is 65.2 Å². The third-order valence-corrected chi connectivity index (χ3v) is 4.70. The summed E-state index contributed by atoms with van der Waals surface area (Å²) in [5.41, 5.74) is 0. The summed E-state index contributed by atoms with van der Waals surface area (Å²) in [6, 6.07) is 0.731. The zero-order valence-electron chi connectivity index (χ0n) is 13.2. The maximum atomic E-state index is 5.84. The van der Waals surface area contributed by atoms with Crippen LogP contribution in [0.2, 0.25) is 0 Å². The molecular weight excluding hydrogens is 236 g/mol. The number of morpholine rings is 1. The van der Waals surface area contributed by atoms with Crippen LogP contribution in [0.3, 0.4) is 0 Å². The lowest BCUT2D eigenvalue weighted by molar-refractivity contribution is -0.0742. The molecule has 2 rings (SSSR count). The minimum Gasteiger partial charge on any atom is -0.373 e. The van der Waals surface area contributed by atoms with Crippen molar-refractivity contribution in [2.75, 3.05) is 26.2 Å². The largest absolute Gasteiger partial charge is 0.373 e. The third kappa shape index (κ3) is 4.44. The highest BCUT2D eigenvalue weighted by Crippen LogP contribution is 2.30. The summed E-state index contributed by atoms with van der Waals surface area (Å²) in [4.78, 5) is 2.63. The highest BCUT2D eigenvalue weighted by Gasteiger charge is 2.31. The highest BCUT2D eigenvalue weighted by atomic mass is 16.5. The Morgan fingerprint density at radius 1 is 1.11 bits per heavy atom. The molecule has 0 aromatic carbocycles. The molecule has 1 aliphatic heterocycles. The van der Waals surface area contributed by atoms with Gasteiger partial charge in [0.15, 0.2) is 0 Å². The van der Waals surface area contributed by atoms with Crippen LogP contribution >= 0.6 is 0 Å². The van der Waals surface area contributed by atoms with Crippen molar-refractivity contribution in [3.8, 4) is 0 Å². The van der Waals surface area contributed by atoms with E-state index in [2.05, 4.69) is 37.9 Å². The van der Waals surface area contributed by atoms with Crippen molar-refractivity contribution in [3.05, 3.63) is 0 Å². The van der Waals surface area contributed by atoms with Gasteiger partial charge in [0.05, 0.1) is 12.2 Å². The second-order valence-electron chi connectivity index (χ2n) is 6.82. The molecule has 19 heavy (non-hydrogen) atoms. The first-order valence-electron chi connectivity index (χ1n) is 8.19. The van der Waals surface area contributed by atoms with E-state index in [1.165, 1.54) is 25.8 Å². The van der Waals surface area contributed by atoms with Crippen molar-refractivity contribution in [2.24, 2.45) is 11.8 Å². The van der Waals surface area contributed by atoms with Crippen LogP contribution in [-0.4, -0.2) is 49.3 Å². The Kier molecular flexibility index (Phi) is 5.67. The molecule has 112 valence electrons. The van der Waals surface area contributed by atoms with Gasteiger partial charge < -0.3 is 10.1 Å². The van der Waals surface area contributed by atoms with Crippen LogP contribution in [-0.2, 0) is 4.74 Å². The fourth-order valence-corrected chi connectivity index (χ4v) is 4.00. The first-order valence-corrected chi connectivity index (χ1v) is 8.19. The average molecular weight is 268 g/mol. The molecule has 0 amide bonds. The van der Waals surface area contributed by atoms with Gasteiger partial charge in [-0.1, -0.05) is 13.8 Å². The topological polar surface area (TPSA) is 24.5 Å². The molecule has 1 heterocycles. The van der Waals surface area contributed by atoms with Crippen LogP contribution in [0, 0.1) is 11.8 Å². The summed E-state index contributed by atoms with van der Waals surface area (Å²) in [6.07, 6.45) is 4.92. The van der Waals surface area contributed by atoms with Crippen molar-refractivity contribution in [1.29, 1.82) is 0 Å². The van der Waals surface area contributed by atoms with Crippen molar-refractivity contribution < 1.29 is 4.74 Å². The molecule has 3 heteroatoms. The predicted molar refractivity (Wildman–Crippen MR) is 80.4 cm³/mol. The molecule has 1 saturated heterocycles. The normalized spacial score (nSPS) is 41.4. The van der Waals surface area contributed by atoms with Crippen LogP contribution in [0.4, 0.5) is 0 Å². The van der Waals surface area contributed by atoms with E-state index < -0.39 is 0 Å². The highest BCUT2D eigenvalue weighted by molar-refractivity contribution is 4.86. The SMILES string of the molecule is CCNC1CCC(C)CC1CN1CC(C)OC(C)C1. The maximum Gasteiger partial charge on any atom is 0.0678 e. The van der Waals surface area contributed by atoms with Crippen LogP contribution < -0.4 is 5.32 Å². The number of nitrogens with one attached hydrogen (secondary N) is 1. The second-order valence-corrected chi connectivity index (χ2v) is 6.82. The second kappa shape index (κ2) is 7.05. The Morgan fingerprint density at radius 3 is 2.42 bits per heavy atom. The van der Waals surface area contributed by atoms with E-state index in [9.17, 15) is 0 Å². The predicted octanol–water partition coefficient (Wildman–Crippen LogP) is 2.51. The smallest absolute Gasteiger partial charge is 0.0678 e. The molecule has 0 aromatic heterocycles. The lowest BCUT2D eigenvalue weighted by Gasteiger charge is -2.42. The van der Waals surface area contributed by atoms with E-state index in [1.807, 2.05) is 0 Å². The zero-order valence-corrected chi connectivity index (χ0v) is 13.2. The minimum absolute atomic E-state index is 0.391. The molecule has 1 N–H and O–H groups in total. The maximum absolute atomic E-state index is 5.84. The van der Waals surface area contributed by atoms with E-state index in [1.54, 1.807) is 0 Å². The number of hydrogen-bond acceptors (Lipinski definition) is 3. The van der Waals surface area contributed by atoms with Crippen LogP contribution in [0.15, 0.2) is 0 Å². The van der Waals surface area contributed by atoms with Gasteiger partial charge in [0, 0.05) is 25.7 Å². The number of ether oxygens (including phenoxy) is 1. The van der Waals surface area contributed by atoms with Gasteiger partial charge in [-0.2, -0.15) is 0 Å². The average Bonchev–Trinajstić information content (AvgIpc) is 2.31. The van der Waals surface area contributed by atoms with Gasteiger partial charge in [-0.25, -0.2) is 0 Å².